The van der Waals surface area contributed by atoms with Crippen LogP contribution >= 0.6 is 11.3 Å². The van der Waals surface area contributed by atoms with E-state index in [1.54, 1.807) is 30.2 Å². The molecule has 1 amide bonds. The van der Waals surface area contributed by atoms with E-state index in [-0.39, 0.29) is 11.7 Å². The summed E-state index contributed by atoms with van der Waals surface area (Å²) >= 11 is 1.63. The van der Waals surface area contributed by atoms with Gasteiger partial charge in [0.25, 0.3) is 5.91 Å². The van der Waals surface area contributed by atoms with E-state index in [0.717, 1.165) is 4.88 Å². The average molecular weight is 236 g/mol. The van der Waals surface area contributed by atoms with Crippen molar-refractivity contribution in [3.63, 3.8) is 0 Å². The van der Waals surface area contributed by atoms with Gasteiger partial charge in [-0.05, 0) is 18.4 Å². The Morgan fingerprint density at radius 1 is 1.62 bits per heavy atom. The summed E-state index contributed by atoms with van der Waals surface area (Å²) in [7, 11) is 1.74. The molecule has 6 heteroatoms. The predicted octanol–water partition coefficient (Wildman–Crippen LogP) is 1.45. The number of rotatable bonds is 3. The standard InChI is InChI=1S/C10H12N4OS/c1-7-11-9(13-12-7)10(15)14(2)6-8-4-3-5-16-8/h3-5H,6H2,1-2H3,(H,11,12,13). The lowest BCUT2D eigenvalue weighted by Crippen LogP contribution is -2.26. The van der Waals surface area contributed by atoms with Gasteiger partial charge in [-0.2, -0.15) is 0 Å². The summed E-state index contributed by atoms with van der Waals surface area (Å²) in [4.78, 5) is 18.6. The zero-order valence-corrected chi connectivity index (χ0v) is 9.91. The smallest absolute Gasteiger partial charge is 0.293 e. The largest absolute Gasteiger partial charge is 0.334 e. The second kappa shape index (κ2) is 4.44. The van der Waals surface area contributed by atoms with Gasteiger partial charge in [0.1, 0.15) is 5.82 Å². The molecule has 0 saturated carbocycles. The molecule has 5 nitrogen and oxygen atoms in total. The summed E-state index contributed by atoms with van der Waals surface area (Å²) in [6, 6.07) is 3.97. The maximum atomic E-state index is 11.9. The van der Waals surface area contributed by atoms with Crippen molar-refractivity contribution in [2.75, 3.05) is 7.05 Å². The van der Waals surface area contributed by atoms with Gasteiger partial charge < -0.3 is 4.90 Å². The average Bonchev–Trinajstić information content (AvgIpc) is 2.88. The van der Waals surface area contributed by atoms with Gasteiger partial charge in [-0.3, -0.25) is 9.89 Å². The highest BCUT2D eigenvalue weighted by atomic mass is 32.1. The van der Waals surface area contributed by atoms with E-state index < -0.39 is 0 Å². The molecule has 0 spiro atoms. The number of nitrogens with zero attached hydrogens (tertiary/aromatic N) is 3. The number of aromatic amines is 1. The van der Waals surface area contributed by atoms with Gasteiger partial charge in [0.15, 0.2) is 0 Å². The van der Waals surface area contributed by atoms with Crippen LogP contribution in [0.5, 0.6) is 0 Å². The Morgan fingerprint density at radius 2 is 2.44 bits per heavy atom. The summed E-state index contributed by atoms with van der Waals surface area (Å²) in [5, 5.41) is 8.49. The third-order valence-corrected chi connectivity index (χ3v) is 2.97. The topological polar surface area (TPSA) is 61.9 Å². The van der Waals surface area contributed by atoms with E-state index >= 15 is 0 Å². The van der Waals surface area contributed by atoms with Gasteiger partial charge in [0.2, 0.25) is 5.82 Å². The fraction of sp³-hybridized carbons (Fsp3) is 0.300. The van der Waals surface area contributed by atoms with E-state index in [2.05, 4.69) is 15.2 Å². The molecule has 0 unspecified atom stereocenters. The number of hydrogen-bond acceptors (Lipinski definition) is 4. The zero-order chi connectivity index (χ0) is 11.5. The molecule has 0 saturated heterocycles. The van der Waals surface area contributed by atoms with Crippen molar-refractivity contribution in [2.24, 2.45) is 0 Å². The van der Waals surface area contributed by atoms with Crippen LogP contribution in [0.25, 0.3) is 0 Å². The second-order valence-electron chi connectivity index (χ2n) is 3.49. The SMILES string of the molecule is Cc1nc(C(=O)N(C)Cc2cccs2)n[nH]1. The van der Waals surface area contributed by atoms with Gasteiger partial charge >= 0.3 is 0 Å². The first kappa shape index (κ1) is 10.8. The molecule has 2 rings (SSSR count). The Bertz CT molecular complexity index is 477. The van der Waals surface area contributed by atoms with Crippen LogP contribution in [0, 0.1) is 6.92 Å². The highest BCUT2D eigenvalue weighted by Crippen LogP contribution is 2.11. The van der Waals surface area contributed by atoms with E-state index in [1.165, 1.54) is 0 Å². The molecule has 0 fully saturated rings. The number of H-pyrrole nitrogens is 1. The molecule has 1 N–H and O–H groups in total. The van der Waals surface area contributed by atoms with E-state index in [1.807, 2.05) is 17.5 Å². The molecule has 2 aromatic rings. The minimum atomic E-state index is -0.169. The lowest BCUT2D eigenvalue weighted by atomic mass is 10.4. The van der Waals surface area contributed by atoms with Crippen molar-refractivity contribution >= 4 is 17.2 Å². The highest BCUT2D eigenvalue weighted by Gasteiger charge is 2.16. The van der Waals surface area contributed by atoms with Crippen LogP contribution in [0.3, 0.4) is 0 Å². The molecular formula is C10H12N4OS. The van der Waals surface area contributed by atoms with Gasteiger partial charge in [-0.1, -0.05) is 6.07 Å². The Morgan fingerprint density at radius 3 is 3.00 bits per heavy atom. The monoisotopic (exact) mass is 236 g/mol. The summed E-state index contributed by atoms with van der Waals surface area (Å²) in [5.74, 6) is 0.696. The Hall–Kier alpha value is -1.69. The molecule has 0 aliphatic rings. The predicted molar refractivity (Wildman–Crippen MR) is 61.2 cm³/mol. The molecule has 0 aliphatic carbocycles. The van der Waals surface area contributed by atoms with Crippen LogP contribution in [0.1, 0.15) is 21.3 Å². The number of carbonyl (C=O) groups is 1. The summed E-state index contributed by atoms with van der Waals surface area (Å²) in [6.07, 6.45) is 0. The maximum absolute atomic E-state index is 11.9. The number of thiophene rings is 1. The third kappa shape index (κ3) is 2.27. The van der Waals surface area contributed by atoms with Crippen LogP contribution in [-0.4, -0.2) is 33.0 Å². The van der Waals surface area contributed by atoms with Crippen LogP contribution in [0.15, 0.2) is 17.5 Å². The first-order valence-corrected chi connectivity index (χ1v) is 5.71. The Kier molecular flexibility index (Phi) is 3.00. The van der Waals surface area contributed by atoms with Crippen molar-refractivity contribution in [1.82, 2.24) is 20.1 Å². The molecule has 84 valence electrons. The number of hydrogen-bond donors (Lipinski definition) is 1. The second-order valence-corrected chi connectivity index (χ2v) is 4.52. The normalized spacial score (nSPS) is 10.4. The first-order valence-electron chi connectivity index (χ1n) is 4.83. The van der Waals surface area contributed by atoms with Gasteiger partial charge in [-0.15, -0.1) is 16.4 Å². The van der Waals surface area contributed by atoms with E-state index in [9.17, 15) is 4.79 Å². The number of amides is 1. The Balaban J connectivity index is 2.05. The minimum Gasteiger partial charge on any atom is -0.334 e. The quantitative estimate of drug-likeness (QED) is 0.877. The van der Waals surface area contributed by atoms with Crippen LogP contribution in [0.2, 0.25) is 0 Å². The van der Waals surface area contributed by atoms with E-state index in [4.69, 9.17) is 0 Å². The fourth-order valence-corrected chi connectivity index (χ4v) is 2.07. The van der Waals surface area contributed by atoms with Gasteiger partial charge in [0.05, 0.1) is 6.54 Å². The van der Waals surface area contributed by atoms with Crippen LogP contribution in [0.4, 0.5) is 0 Å². The molecule has 0 radical (unpaired) electrons. The molecular weight excluding hydrogens is 224 g/mol. The zero-order valence-electron chi connectivity index (χ0n) is 9.10. The van der Waals surface area contributed by atoms with Gasteiger partial charge in [0, 0.05) is 11.9 Å². The maximum Gasteiger partial charge on any atom is 0.293 e. The molecule has 0 aliphatic heterocycles. The van der Waals surface area contributed by atoms with Crippen molar-refractivity contribution in [3.05, 3.63) is 34.0 Å². The number of carbonyl (C=O) groups excluding carboxylic acids is 1. The molecule has 2 heterocycles. The highest BCUT2D eigenvalue weighted by molar-refractivity contribution is 7.09. The fourth-order valence-electron chi connectivity index (χ4n) is 1.32. The number of aryl methyl sites for hydroxylation is 1. The Labute approximate surface area is 97.1 Å². The summed E-state index contributed by atoms with van der Waals surface area (Å²) < 4.78 is 0. The molecule has 2 aromatic heterocycles. The third-order valence-electron chi connectivity index (χ3n) is 2.11. The lowest BCUT2D eigenvalue weighted by Gasteiger charge is -2.13. The number of aromatic nitrogens is 3. The molecule has 0 atom stereocenters. The minimum absolute atomic E-state index is 0.169. The lowest BCUT2D eigenvalue weighted by molar-refractivity contribution is 0.0775. The summed E-state index contributed by atoms with van der Waals surface area (Å²) in [6.45, 7) is 2.35. The molecule has 16 heavy (non-hydrogen) atoms. The van der Waals surface area contributed by atoms with Gasteiger partial charge in [-0.25, -0.2) is 4.98 Å². The van der Waals surface area contributed by atoms with Crippen molar-refractivity contribution in [2.45, 2.75) is 13.5 Å². The molecule has 0 bridgehead atoms. The molecule has 0 aromatic carbocycles. The van der Waals surface area contributed by atoms with Crippen LogP contribution < -0.4 is 0 Å². The summed E-state index contributed by atoms with van der Waals surface area (Å²) in [5.41, 5.74) is 0. The van der Waals surface area contributed by atoms with Crippen molar-refractivity contribution in [3.8, 4) is 0 Å². The van der Waals surface area contributed by atoms with E-state index in [0.29, 0.717) is 12.4 Å². The van der Waals surface area contributed by atoms with Crippen molar-refractivity contribution < 1.29 is 4.79 Å². The number of nitrogens with one attached hydrogen (secondary N) is 1. The van der Waals surface area contributed by atoms with Crippen LogP contribution in [-0.2, 0) is 6.54 Å². The van der Waals surface area contributed by atoms with Crippen molar-refractivity contribution in [1.29, 1.82) is 0 Å². The first-order chi connectivity index (χ1) is 7.66.